The Kier molecular flexibility index (Phi) is 8.42. The lowest BCUT2D eigenvalue weighted by atomic mass is 9.94. The van der Waals surface area contributed by atoms with Crippen LogP contribution in [0.25, 0.3) is 111 Å². The maximum atomic E-state index is 5.03. The maximum Gasteiger partial charge on any atom is 0.164 e. The van der Waals surface area contributed by atoms with Gasteiger partial charge in [0.05, 0.1) is 22.1 Å². The first-order chi connectivity index (χ1) is 30.7. The van der Waals surface area contributed by atoms with E-state index in [1.54, 1.807) is 0 Å². The van der Waals surface area contributed by atoms with Crippen molar-refractivity contribution in [1.82, 2.24) is 24.1 Å². The minimum Gasteiger partial charge on any atom is -0.309 e. The van der Waals surface area contributed by atoms with Gasteiger partial charge in [-0.3, -0.25) is 0 Å². The average molecular weight is 792 g/mol. The van der Waals surface area contributed by atoms with Gasteiger partial charge in [-0.25, -0.2) is 15.0 Å². The molecule has 0 saturated heterocycles. The van der Waals surface area contributed by atoms with Crippen molar-refractivity contribution in [2.24, 2.45) is 0 Å². The Morgan fingerprint density at radius 3 is 1.24 bits per heavy atom. The summed E-state index contributed by atoms with van der Waals surface area (Å²) in [7, 11) is 0. The third-order valence-electron chi connectivity index (χ3n) is 12.0. The summed E-state index contributed by atoms with van der Waals surface area (Å²) < 4.78 is 4.79. The molecule has 12 aromatic rings. The third-order valence-corrected chi connectivity index (χ3v) is 12.0. The van der Waals surface area contributed by atoms with Crippen LogP contribution < -0.4 is 0 Å². The van der Waals surface area contributed by atoms with E-state index in [0.717, 1.165) is 61.4 Å². The van der Waals surface area contributed by atoms with Crippen LogP contribution in [0.4, 0.5) is 0 Å². The zero-order valence-corrected chi connectivity index (χ0v) is 33.6. The van der Waals surface area contributed by atoms with E-state index >= 15 is 0 Å². The van der Waals surface area contributed by atoms with Crippen LogP contribution in [-0.2, 0) is 0 Å². The van der Waals surface area contributed by atoms with Gasteiger partial charge in [-0.15, -0.1) is 0 Å². The summed E-state index contributed by atoms with van der Waals surface area (Å²) in [6.45, 7) is 0. The van der Waals surface area contributed by atoms with E-state index in [2.05, 4.69) is 173 Å². The van der Waals surface area contributed by atoms with E-state index in [1.165, 1.54) is 32.6 Å². The lowest BCUT2D eigenvalue weighted by molar-refractivity contribution is 1.07. The highest BCUT2D eigenvalue weighted by atomic mass is 15.0. The predicted molar refractivity (Wildman–Crippen MR) is 256 cm³/mol. The Morgan fingerprint density at radius 2 is 0.661 bits per heavy atom. The van der Waals surface area contributed by atoms with Crippen LogP contribution in [0.2, 0.25) is 0 Å². The van der Waals surface area contributed by atoms with Crippen LogP contribution in [0.5, 0.6) is 0 Å². The molecule has 0 aliphatic carbocycles. The number of para-hydroxylation sites is 4. The van der Waals surface area contributed by atoms with Gasteiger partial charge in [0.2, 0.25) is 0 Å². The number of aromatic nitrogens is 5. The monoisotopic (exact) mass is 791 g/mol. The van der Waals surface area contributed by atoms with Crippen molar-refractivity contribution in [2.75, 3.05) is 0 Å². The summed E-state index contributed by atoms with van der Waals surface area (Å²) >= 11 is 0. The van der Waals surface area contributed by atoms with Crippen molar-refractivity contribution in [3.8, 4) is 67.8 Å². The van der Waals surface area contributed by atoms with Gasteiger partial charge in [0, 0.05) is 55.2 Å². The van der Waals surface area contributed by atoms with E-state index in [4.69, 9.17) is 15.0 Å². The number of hydrogen-bond acceptors (Lipinski definition) is 3. The molecule has 0 aliphatic rings. The van der Waals surface area contributed by atoms with Gasteiger partial charge in [-0.2, -0.15) is 0 Å². The molecule has 62 heavy (non-hydrogen) atoms. The summed E-state index contributed by atoms with van der Waals surface area (Å²) in [5, 5.41) is 4.86. The van der Waals surface area contributed by atoms with Gasteiger partial charge >= 0.3 is 0 Å². The molecule has 0 spiro atoms. The fourth-order valence-electron chi connectivity index (χ4n) is 9.07. The van der Waals surface area contributed by atoms with Crippen molar-refractivity contribution in [3.05, 3.63) is 224 Å². The van der Waals surface area contributed by atoms with Gasteiger partial charge in [0.15, 0.2) is 17.5 Å². The maximum absolute atomic E-state index is 5.03. The van der Waals surface area contributed by atoms with Crippen LogP contribution in [-0.4, -0.2) is 24.1 Å². The summed E-state index contributed by atoms with van der Waals surface area (Å²) in [6.07, 6.45) is 0. The average Bonchev–Trinajstić information content (AvgIpc) is 3.87. The second-order valence-electron chi connectivity index (χ2n) is 15.6. The Labute approximate surface area is 358 Å². The Hall–Kier alpha value is -8.41. The quantitative estimate of drug-likeness (QED) is 0.162. The van der Waals surface area contributed by atoms with Gasteiger partial charge < -0.3 is 9.13 Å². The summed E-state index contributed by atoms with van der Waals surface area (Å²) in [6, 6.07) is 79.5. The molecule has 0 radical (unpaired) electrons. The smallest absolute Gasteiger partial charge is 0.164 e. The van der Waals surface area contributed by atoms with Crippen LogP contribution in [0.1, 0.15) is 0 Å². The molecule has 3 heterocycles. The van der Waals surface area contributed by atoms with E-state index < -0.39 is 0 Å². The van der Waals surface area contributed by atoms with Crippen molar-refractivity contribution < 1.29 is 0 Å². The van der Waals surface area contributed by atoms with E-state index in [9.17, 15) is 0 Å². The van der Waals surface area contributed by atoms with E-state index in [0.29, 0.717) is 17.5 Å². The molecular formula is C57H37N5. The van der Waals surface area contributed by atoms with Crippen molar-refractivity contribution in [1.29, 1.82) is 0 Å². The first-order valence-electron chi connectivity index (χ1n) is 20.9. The number of fused-ring (bicyclic) bond motifs is 6. The van der Waals surface area contributed by atoms with E-state index in [-0.39, 0.29) is 0 Å². The van der Waals surface area contributed by atoms with E-state index in [1.807, 2.05) is 60.7 Å². The molecule has 290 valence electrons. The summed E-state index contributed by atoms with van der Waals surface area (Å²) in [5.41, 5.74) is 14.3. The lowest BCUT2D eigenvalue weighted by Crippen LogP contribution is -2.00. The minimum absolute atomic E-state index is 0.629. The zero-order chi connectivity index (χ0) is 41.0. The third kappa shape index (κ3) is 5.98. The Balaban J connectivity index is 1.07. The van der Waals surface area contributed by atoms with Gasteiger partial charge in [0.1, 0.15) is 0 Å². The topological polar surface area (TPSA) is 48.5 Å². The highest BCUT2D eigenvalue weighted by Crippen LogP contribution is 2.43. The molecule has 0 unspecified atom stereocenters. The van der Waals surface area contributed by atoms with Crippen LogP contribution in [0.3, 0.4) is 0 Å². The fraction of sp³-hybridized carbons (Fsp3) is 0. The molecular weight excluding hydrogens is 755 g/mol. The molecule has 5 nitrogen and oxygen atoms in total. The molecule has 0 fully saturated rings. The Morgan fingerprint density at radius 1 is 0.258 bits per heavy atom. The standard InChI is InChI=1S/C57H37N5/c1-5-17-39(18-6-1)55-58-56(40-19-7-2-8-20-40)60-57(59-55)41-31-29-38(30-32-41)48-36-43(37-50-47-26-14-16-28-52(47)62(54(48)50)45-23-11-4-12-24-45)42-33-34-53-49(35-42)46-25-13-15-27-51(46)61(53)44-21-9-3-10-22-44/h1-37H. The molecule has 9 aromatic carbocycles. The SMILES string of the molecule is c1ccc(-c2nc(-c3ccccc3)nc(-c3ccc(-c4cc(-c5ccc6c(c5)c5ccccc5n6-c5ccccc5)cc5c6ccccc6n(-c6ccccc6)c45)cc3)n2)cc1. The molecule has 3 aromatic heterocycles. The van der Waals surface area contributed by atoms with Crippen LogP contribution in [0, 0.1) is 0 Å². The summed E-state index contributed by atoms with van der Waals surface area (Å²) in [4.78, 5) is 15.0. The molecule has 0 amide bonds. The van der Waals surface area contributed by atoms with Crippen LogP contribution >= 0.6 is 0 Å². The fourth-order valence-corrected chi connectivity index (χ4v) is 9.07. The molecule has 0 atom stereocenters. The number of rotatable bonds is 7. The largest absolute Gasteiger partial charge is 0.309 e. The van der Waals surface area contributed by atoms with Crippen molar-refractivity contribution >= 4 is 43.6 Å². The second kappa shape index (κ2) is 14.7. The minimum atomic E-state index is 0.629. The summed E-state index contributed by atoms with van der Waals surface area (Å²) in [5.74, 6) is 1.91. The molecule has 0 N–H and O–H groups in total. The second-order valence-corrected chi connectivity index (χ2v) is 15.6. The number of nitrogens with zero attached hydrogens (tertiary/aromatic N) is 5. The molecule has 0 saturated carbocycles. The highest BCUT2D eigenvalue weighted by molar-refractivity contribution is 6.16. The van der Waals surface area contributed by atoms with Gasteiger partial charge in [0.25, 0.3) is 0 Å². The Bertz CT molecular complexity index is 3540. The molecule has 5 heteroatoms. The normalized spacial score (nSPS) is 11.5. The van der Waals surface area contributed by atoms with Crippen molar-refractivity contribution in [2.45, 2.75) is 0 Å². The van der Waals surface area contributed by atoms with Crippen LogP contribution in [0.15, 0.2) is 224 Å². The number of benzene rings is 9. The molecule has 12 rings (SSSR count). The lowest BCUT2D eigenvalue weighted by Gasteiger charge is -2.14. The molecule has 0 aliphatic heterocycles. The van der Waals surface area contributed by atoms with Gasteiger partial charge in [-0.1, -0.05) is 164 Å². The highest BCUT2D eigenvalue weighted by Gasteiger charge is 2.20. The van der Waals surface area contributed by atoms with Gasteiger partial charge in [-0.05, 0) is 77.4 Å². The first-order valence-corrected chi connectivity index (χ1v) is 20.9. The van der Waals surface area contributed by atoms with Crippen molar-refractivity contribution in [3.63, 3.8) is 0 Å². The molecule has 0 bridgehead atoms. The predicted octanol–water partition coefficient (Wildman–Crippen LogP) is 14.4. The zero-order valence-electron chi connectivity index (χ0n) is 33.6. The number of hydrogen-bond donors (Lipinski definition) is 0. The first kappa shape index (κ1) is 35.5.